The van der Waals surface area contributed by atoms with Crippen molar-refractivity contribution in [3.63, 3.8) is 0 Å². The minimum absolute atomic E-state index is 0.454. The maximum atomic E-state index is 5.90. The first-order chi connectivity index (χ1) is 12.4. The number of ether oxygens (including phenoxy) is 1. The molecular formula is C21H23N3O. The predicted octanol–water partition coefficient (Wildman–Crippen LogP) is 3.55. The summed E-state index contributed by atoms with van der Waals surface area (Å²) in [7, 11) is 0. The van der Waals surface area contributed by atoms with E-state index in [1.807, 2.05) is 12.1 Å². The summed E-state index contributed by atoms with van der Waals surface area (Å²) in [5, 5.41) is 7.95. The van der Waals surface area contributed by atoms with Crippen LogP contribution in [0.4, 0.5) is 0 Å². The fourth-order valence-electron chi connectivity index (χ4n) is 3.50. The van der Waals surface area contributed by atoms with Gasteiger partial charge in [-0.1, -0.05) is 30.4 Å². The molecule has 2 aromatic rings. The van der Waals surface area contributed by atoms with E-state index in [0.29, 0.717) is 12.5 Å². The van der Waals surface area contributed by atoms with Crippen LogP contribution in [0.15, 0.2) is 60.8 Å². The summed E-state index contributed by atoms with van der Waals surface area (Å²) < 4.78 is 5.90. The minimum Gasteiger partial charge on any atom is -0.487 e. The molecule has 2 heterocycles. The molecule has 0 bridgehead atoms. The van der Waals surface area contributed by atoms with Gasteiger partial charge >= 0.3 is 0 Å². The van der Waals surface area contributed by atoms with Gasteiger partial charge in [0.2, 0.25) is 0 Å². The van der Waals surface area contributed by atoms with E-state index < -0.39 is 0 Å². The van der Waals surface area contributed by atoms with E-state index in [0.717, 1.165) is 43.9 Å². The molecule has 0 fully saturated rings. The lowest BCUT2D eigenvalue weighted by atomic mass is 9.96. The number of rotatable bonds is 5. The molecule has 4 rings (SSSR count). The van der Waals surface area contributed by atoms with Crippen molar-refractivity contribution in [2.75, 3.05) is 13.1 Å². The number of benzene rings is 1. The summed E-state index contributed by atoms with van der Waals surface area (Å²) in [4.78, 5) is 2.56. The van der Waals surface area contributed by atoms with E-state index in [1.165, 1.54) is 11.1 Å². The molecule has 1 aromatic carbocycles. The van der Waals surface area contributed by atoms with Crippen LogP contribution in [0.1, 0.15) is 23.2 Å². The second-order valence-corrected chi connectivity index (χ2v) is 6.73. The summed E-state index contributed by atoms with van der Waals surface area (Å²) in [5.41, 5.74) is 3.68. The number of hydrogen-bond acceptors (Lipinski definition) is 4. The predicted molar refractivity (Wildman–Crippen MR) is 98.2 cm³/mol. The van der Waals surface area contributed by atoms with Crippen molar-refractivity contribution >= 4 is 0 Å². The fraction of sp³-hybridized carbons (Fsp3) is 0.333. The Bertz CT molecular complexity index is 770. The molecule has 0 saturated heterocycles. The summed E-state index contributed by atoms with van der Waals surface area (Å²) in [6.07, 6.45) is 12.9. The molecule has 1 aromatic heterocycles. The first kappa shape index (κ1) is 16.0. The lowest BCUT2D eigenvalue weighted by molar-refractivity contribution is 0.228. The van der Waals surface area contributed by atoms with E-state index in [4.69, 9.17) is 4.74 Å². The van der Waals surface area contributed by atoms with Gasteiger partial charge in [-0.3, -0.25) is 4.90 Å². The van der Waals surface area contributed by atoms with Gasteiger partial charge in [0.25, 0.3) is 0 Å². The lowest BCUT2D eigenvalue weighted by Gasteiger charge is -2.31. The molecule has 1 atom stereocenters. The molecule has 0 spiro atoms. The zero-order valence-electron chi connectivity index (χ0n) is 14.3. The van der Waals surface area contributed by atoms with Gasteiger partial charge < -0.3 is 4.74 Å². The van der Waals surface area contributed by atoms with Crippen molar-refractivity contribution in [2.24, 2.45) is 5.92 Å². The van der Waals surface area contributed by atoms with Crippen LogP contribution in [0, 0.1) is 5.92 Å². The summed E-state index contributed by atoms with van der Waals surface area (Å²) in [6.45, 7) is 3.73. The van der Waals surface area contributed by atoms with Gasteiger partial charge in [0, 0.05) is 25.8 Å². The molecule has 2 aliphatic rings. The molecular weight excluding hydrogens is 310 g/mol. The number of hydrogen-bond donors (Lipinski definition) is 0. The van der Waals surface area contributed by atoms with Crippen LogP contribution in [0.3, 0.4) is 0 Å². The molecule has 1 aliphatic carbocycles. The standard InChI is InChI=1S/C21H23N3O/c1-2-5-17(6-3-1)14-24-12-10-18-8-9-21(13-19(18)15-24)25-16-20-7-4-11-22-23-20/h1-5,7-9,11,13,17H,6,10,12,14-16H2. The van der Waals surface area contributed by atoms with Crippen LogP contribution >= 0.6 is 0 Å². The van der Waals surface area contributed by atoms with Gasteiger partial charge in [0.15, 0.2) is 0 Å². The molecule has 0 saturated carbocycles. The van der Waals surface area contributed by atoms with Crippen molar-refractivity contribution in [3.05, 3.63) is 77.7 Å². The Kier molecular flexibility index (Phi) is 4.89. The summed E-state index contributed by atoms with van der Waals surface area (Å²) in [6, 6.07) is 10.3. The van der Waals surface area contributed by atoms with Gasteiger partial charge in [0.1, 0.15) is 18.1 Å². The maximum Gasteiger partial charge on any atom is 0.132 e. The van der Waals surface area contributed by atoms with Crippen molar-refractivity contribution in [3.8, 4) is 5.75 Å². The number of fused-ring (bicyclic) bond motifs is 1. The first-order valence-electron chi connectivity index (χ1n) is 8.94. The molecule has 0 N–H and O–H groups in total. The Morgan fingerprint density at radius 2 is 2.16 bits per heavy atom. The van der Waals surface area contributed by atoms with Crippen molar-refractivity contribution < 1.29 is 4.74 Å². The molecule has 0 radical (unpaired) electrons. The largest absolute Gasteiger partial charge is 0.487 e. The minimum atomic E-state index is 0.454. The zero-order valence-corrected chi connectivity index (χ0v) is 14.3. The number of aromatic nitrogens is 2. The molecule has 128 valence electrons. The second-order valence-electron chi connectivity index (χ2n) is 6.73. The quantitative estimate of drug-likeness (QED) is 0.839. The third-order valence-corrected chi connectivity index (χ3v) is 4.85. The van der Waals surface area contributed by atoms with Crippen LogP contribution in [-0.4, -0.2) is 28.2 Å². The monoisotopic (exact) mass is 333 g/mol. The van der Waals surface area contributed by atoms with E-state index >= 15 is 0 Å². The Labute approximate surface area is 148 Å². The highest BCUT2D eigenvalue weighted by molar-refractivity contribution is 5.37. The van der Waals surface area contributed by atoms with Crippen molar-refractivity contribution in [2.45, 2.75) is 26.0 Å². The Morgan fingerprint density at radius 1 is 1.16 bits per heavy atom. The second kappa shape index (κ2) is 7.62. The van der Waals surface area contributed by atoms with Crippen LogP contribution in [0.5, 0.6) is 5.75 Å². The molecule has 4 heteroatoms. The molecule has 0 amide bonds. The van der Waals surface area contributed by atoms with Crippen LogP contribution in [-0.2, 0) is 19.6 Å². The maximum absolute atomic E-state index is 5.90. The topological polar surface area (TPSA) is 38.2 Å². The summed E-state index contributed by atoms with van der Waals surface area (Å²) in [5.74, 6) is 1.55. The third kappa shape index (κ3) is 4.15. The normalized spacial score (nSPS) is 19.6. The van der Waals surface area contributed by atoms with Crippen molar-refractivity contribution in [1.29, 1.82) is 0 Å². The average molecular weight is 333 g/mol. The van der Waals surface area contributed by atoms with E-state index in [9.17, 15) is 0 Å². The van der Waals surface area contributed by atoms with E-state index in [-0.39, 0.29) is 0 Å². The van der Waals surface area contributed by atoms with E-state index in [2.05, 4.69) is 57.6 Å². The van der Waals surface area contributed by atoms with Crippen LogP contribution < -0.4 is 4.74 Å². The molecule has 1 aliphatic heterocycles. The third-order valence-electron chi connectivity index (χ3n) is 4.85. The van der Waals surface area contributed by atoms with Gasteiger partial charge in [-0.15, -0.1) is 0 Å². The van der Waals surface area contributed by atoms with Gasteiger partial charge in [-0.2, -0.15) is 10.2 Å². The van der Waals surface area contributed by atoms with Gasteiger partial charge in [-0.05, 0) is 54.2 Å². The molecule has 1 unspecified atom stereocenters. The highest BCUT2D eigenvalue weighted by Gasteiger charge is 2.19. The lowest BCUT2D eigenvalue weighted by Crippen LogP contribution is -2.34. The van der Waals surface area contributed by atoms with Crippen LogP contribution in [0.2, 0.25) is 0 Å². The number of allylic oxidation sites excluding steroid dienone is 3. The highest BCUT2D eigenvalue weighted by atomic mass is 16.5. The van der Waals surface area contributed by atoms with Gasteiger partial charge in [0.05, 0.1) is 0 Å². The zero-order chi connectivity index (χ0) is 16.9. The smallest absolute Gasteiger partial charge is 0.132 e. The van der Waals surface area contributed by atoms with E-state index in [1.54, 1.807) is 6.20 Å². The SMILES string of the molecule is C1=CCC(CN2CCc3ccc(OCc4cccnn4)cc3C2)C=C1. The Morgan fingerprint density at radius 3 is 3.00 bits per heavy atom. The van der Waals surface area contributed by atoms with Crippen LogP contribution in [0.25, 0.3) is 0 Å². The average Bonchev–Trinajstić information content (AvgIpc) is 2.68. The fourth-order valence-corrected chi connectivity index (χ4v) is 3.50. The van der Waals surface area contributed by atoms with Gasteiger partial charge in [-0.25, -0.2) is 0 Å². The Balaban J connectivity index is 1.39. The number of nitrogens with zero attached hydrogens (tertiary/aromatic N) is 3. The van der Waals surface area contributed by atoms with Crippen molar-refractivity contribution in [1.82, 2.24) is 15.1 Å². The highest BCUT2D eigenvalue weighted by Crippen LogP contribution is 2.25. The molecule has 4 nitrogen and oxygen atoms in total. The summed E-state index contributed by atoms with van der Waals surface area (Å²) >= 11 is 0. The molecule has 25 heavy (non-hydrogen) atoms. The Hall–Kier alpha value is -2.46. The first-order valence-corrected chi connectivity index (χ1v) is 8.94.